The highest BCUT2D eigenvalue weighted by molar-refractivity contribution is 7.19. The molecule has 0 bridgehead atoms. The third kappa shape index (κ3) is 4.12. The summed E-state index contributed by atoms with van der Waals surface area (Å²) < 4.78 is 1.79. The van der Waals surface area contributed by atoms with Crippen molar-refractivity contribution in [1.29, 1.82) is 0 Å². The Morgan fingerprint density at radius 2 is 1.88 bits per heavy atom. The van der Waals surface area contributed by atoms with Crippen LogP contribution in [0.25, 0.3) is 21.5 Å². The van der Waals surface area contributed by atoms with Crippen molar-refractivity contribution in [3.63, 3.8) is 0 Å². The topological polar surface area (TPSA) is 120 Å². The molecule has 162 valence electrons. The maximum Gasteiger partial charge on any atom is 0.294 e. The van der Waals surface area contributed by atoms with E-state index in [1.165, 1.54) is 35.6 Å². The summed E-state index contributed by atoms with van der Waals surface area (Å²) in [7, 11) is 0. The molecule has 0 saturated heterocycles. The molecule has 1 amide bonds. The minimum atomic E-state index is -0.519. The number of amides is 1. The predicted molar refractivity (Wildman–Crippen MR) is 123 cm³/mol. The number of nitrogens with one attached hydrogen (secondary N) is 1. The molecule has 1 N–H and O–H groups in total. The molecule has 2 aromatic heterocycles. The molecule has 2 aromatic carbocycles. The number of aryl methyl sites for hydroxylation is 3. The number of non-ortho nitro benzene ring substituents is 1. The summed E-state index contributed by atoms with van der Waals surface area (Å²) in [5.41, 5.74) is 3.72. The minimum absolute atomic E-state index is 0.0802. The van der Waals surface area contributed by atoms with Crippen molar-refractivity contribution in [3.8, 4) is 11.3 Å². The molecule has 4 rings (SSSR count). The normalized spacial score (nSPS) is 11.0. The largest absolute Gasteiger partial charge is 0.324 e. The molecule has 32 heavy (non-hydrogen) atoms. The van der Waals surface area contributed by atoms with Crippen molar-refractivity contribution >= 4 is 38.8 Å². The molecule has 0 aliphatic heterocycles. The summed E-state index contributed by atoms with van der Waals surface area (Å²) in [5, 5.41) is 18.7. The van der Waals surface area contributed by atoms with Gasteiger partial charge in [-0.3, -0.25) is 19.7 Å². The number of hydrogen-bond acceptors (Lipinski definition) is 7. The third-order valence-electron chi connectivity index (χ3n) is 4.90. The van der Waals surface area contributed by atoms with Gasteiger partial charge in [-0.1, -0.05) is 23.8 Å². The molecule has 0 aliphatic rings. The molecule has 4 aromatic rings. The highest BCUT2D eigenvalue weighted by atomic mass is 32.1. The number of fused-ring (bicyclic) bond motifs is 1. The van der Waals surface area contributed by atoms with E-state index in [2.05, 4.69) is 15.4 Å². The van der Waals surface area contributed by atoms with Crippen LogP contribution in [0.3, 0.4) is 0 Å². The standard InChI is InChI=1S/C22H19N5O4S/c1-12-4-9-17(13(2)10-12)19-21-20(23-14(3)32-21)22(29)26(25-19)11-18(28)24-15-5-7-16(8-6-15)27(30)31/h4-10H,11H2,1-3H3,(H,24,28). The Hall–Kier alpha value is -3.92. The van der Waals surface area contributed by atoms with Crippen LogP contribution in [-0.4, -0.2) is 25.6 Å². The number of carbonyl (C=O) groups excluding carboxylic acids is 1. The van der Waals surface area contributed by atoms with Crippen LogP contribution in [0.15, 0.2) is 47.3 Å². The average molecular weight is 449 g/mol. The van der Waals surface area contributed by atoms with Gasteiger partial charge < -0.3 is 5.32 Å². The Balaban J connectivity index is 1.71. The van der Waals surface area contributed by atoms with Gasteiger partial charge in [-0.2, -0.15) is 5.10 Å². The van der Waals surface area contributed by atoms with E-state index in [0.717, 1.165) is 26.4 Å². The SMILES string of the molecule is Cc1ccc(-c2nn(CC(=O)Nc3ccc([N+](=O)[O-])cc3)c(=O)c3nc(C)sc23)c(C)c1. The number of nitrogens with zero attached hydrogens (tertiary/aromatic N) is 4. The molecule has 2 heterocycles. The number of benzene rings is 2. The molecule has 10 heteroatoms. The van der Waals surface area contributed by atoms with Crippen LogP contribution in [0.2, 0.25) is 0 Å². The van der Waals surface area contributed by atoms with E-state index < -0.39 is 16.4 Å². The molecule has 0 fully saturated rings. The van der Waals surface area contributed by atoms with Crippen molar-refractivity contribution < 1.29 is 9.72 Å². The van der Waals surface area contributed by atoms with Crippen LogP contribution in [-0.2, 0) is 11.3 Å². The van der Waals surface area contributed by atoms with E-state index in [4.69, 9.17) is 0 Å². The fourth-order valence-corrected chi connectivity index (χ4v) is 4.34. The summed E-state index contributed by atoms with van der Waals surface area (Å²) in [4.78, 5) is 40.2. The van der Waals surface area contributed by atoms with Crippen molar-refractivity contribution in [3.05, 3.63) is 79.1 Å². The highest BCUT2D eigenvalue weighted by Gasteiger charge is 2.19. The van der Waals surface area contributed by atoms with Gasteiger partial charge in [0.25, 0.3) is 11.2 Å². The second kappa shape index (κ2) is 8.31. The number of rotatable bonds is 5. The van der Waals surface area contributed by atoms with Gasteiger partial charge in [0.1, 0.15) is 12.2 Å². The Morgan fingerprint density at radius 3 is 2.53 bits per heavy atom. The second-order valence-electron chi connectivity index (χ2n) is 7.39. The first-order valence-corrected chi connectivity index (χ1v) is 10.5. The number of aromatic nitrogens is 3. The molecule has 0 atom stereocenters. The Kier molecular flexibility index (Phi) is 5.54. The average Bonchev–Trinajstić information content (AvgIpc) is 3.13. The first-order valence-electron chi connectivity index (χ1n) is 9.73. The lowest BCUT2D eigenvalue weighted by molar-refractivity contribution is -0.384. The Labute approximate surface area is 186 Å². The number of nitro groups is 1. The van der Waals surface area contributed by atoms with Crippen molar-refractivity contribution in [1.82, 2.24) is 14.8 Å². The molecule has 0 aliphatic carbocycles. The lowest BCUT2D eigenvalue weighted by Crippen LogP contribution is -2.30. The first-order chi connectivity index (χ1) is 15.2. The number of carbonyl (C=O) groups is 1. The van der Waals surface area contributed by atoms with Crippen LogP contribution in [0.4, 0.5) is 11.4 Å². The van der Waals surface area contributed by atoms with Gasteiger partial charge in [0.15, 0.2) is 5.52 Å². The number of hydrogen-bond donors (Lipinski definition) is 1. The van der Waals surface area contributed by atoms with Gasteiger partial charge in [-0.25, -0.2) is 9.67 Å². The minimum Gasteiger partial charge on any atom is -0.324 e. The zero-order chi connectivity index (χ0) is 23.0. The van der Waals surface area contributed by atoms with Gasteiger partial charge in [-0.15, -0.1) is 11.3 Å². The zero-order valence-electron chi connectivity index (χ0n) is 17.6. The lowest BCUT2D eigenvalue weighted by Gasteiger charge is -2.11. The van der Waals surface area contributed by atoms with Gasteiger partial charge in [0, 0.05) is 23.4 Å². The monoisotopic (exact) mass is 449 g/mol. The van der Waals surface area contributed by atoms with E-state index in [0.29, 0.717) is 16.1 Å². The van der Waals surface area contributed by atoms with E-state index in [1.807, 2.05) is 39.0 Å². The predicted octanol–water partition coefficient (Wildman–Crippen LogP) is 3.99. The van der Waals surface area contributed by atoms with Crippen LogP contribution >= 0.6 is 11.3 Å². The summed E-state index contributed by atoms with van der Waals surface area (Å²) in [6, 6.07) is 11.4. The van der Waals surface area contributed by atoms with E-state index in [1.54, 1.807) is 0 Å². The molecule has 0 radical (unpaired) electrons. The molecule has 9 nitrogen and oxygen atoms in total. The molecule has 0 saturated carbocycles. The fourth-order valence-electron chi connectivity index (χ4n) is 3.43. The molecular formula is C22H19N5O4S. The van der Waals surface area contributed by atoms with Crippen molar-refractivity contribution in [2.45, 2.75) is 27.3 Å². The zero-order valence-corrected chi connectivity index (χ0v) is 18.4. The number of thiazole rings is 1. The van der Waals surface area contributed by atoms with Crippen LogP contribution < -0.4 is 10.9 Å². The first kappa shape index (κ1) is 21.3. The van der Waals surface area contributed by atoms with Gasteiger partial charge >= 0.3 is 0 Å². The quantitative estimate of drug-likeness (QED) is 0.363. The van der Waals surface area contributed by atoms with Gasteiger partial charge in [-0.05, 0) is 38.5 Å². The Morgan fingerprint density at radius 1 is 1.16 bits per heavy atom. The number of anilines is 1. The van der Waals surface area contributed by atoms with Gasteiger partial charge in [0.05, 0.1) is 14.6 Å². The summed E-state index contributed by atoms with van der Waals surface area (Å²) in [6.45, 7) is 5.47. The maximum atomic E-state index is 13.0. The third-order valence-corrected chi connectivity index (χ3v) is 5.88. The molecule has 0 unspecified atom stereocenters. The van der Waals surface area contributed by atoms with E-state index in [-0.39, 0.29) is 17.7 Å². The van der Waals surface area contributed by atoms with Crippen LogP contribution in [0.1, 0.15) is 16.1 Å². The van der Waals surface area contributed by atoms with Crippen LogP contribution in [0, 0.1) is 30.9 Å². The summed E-state index contributed by atoms with van der Waals surface area (Å²) in [6.07, 6.45) is 0. The molecule has 0 spiro atoms. The number of nitro benzene ring substituents is 1. The summed E-state index contributed by atoms with van der Waals surface area (Å²) >= 11 is 1.39. The van der Waals surface area contributed by atoms with Crippen molar-refractivity contribution in [2.24, 2.45) is 0 Å². The smallest absolute Gasteiger partial charge is 0.294 e. The van der Waals surface area contributed by atoms with Crippen LogP contribution in [0.5, 0.6) is 0 Å². The second-order valence-corrected chi connectivity index (χ2v) is 8.60. The van der Waals surface area contributed by atoms with Crippen molar-refractivity contribution in [2.75, 3.05) is 5.32 Å². The maximum absolute atomic E-state index is 13.0. The Bertz CT molecular complexity index is 1420. The summed E-state index contributed by atoms with van der Waals surface area (Å²) in [5.74, 6) is -0.480. The molecular weight excluding hydrogens is 430 g/mol. The lowest BCUT2D eigenvalue weighted by atomic mass is 10.0. The van der Waals surface area contributed by atoms with E-state index in [9.17, 15) is 19.7 Å². The van der Waals surface area contributed by atoms with Gasteiger partial charge in [0.2, 0.25) is 5.91 Å². The van der Waals surface area contributed by atoms with E-state index >= 15 is 0 Å². The highest BCUT2D eigenvalue weighted by Crippen LogP contribution is 2.31. The fraction of sp³-hybridized carbons (Fsp3) is 0.182.